The van der Waals surface area contributed by atoms with Crippen LogP contribution in [-0.4, -0.2) is 34.6 Å². The molecule has 6 heteroatoms. The minimum atomic E-state index is -1.06. The molecule has 2 N–H and O–H groups in total. The zero-order valence-corrected chi connectivity index (χ0v) is 10.5. The van der Waals surface area contributed by atoms with Gasteiger partial charge in [-0.15, -0.1) is 0 Å². The summed E-state index contributed by atoms with van der Waals surface area (Å²) in [7, 11) is 0. The highest BCUT2D eigenvalue weighted by Gasteiger charge is 2.33. The molecule has 0 heterocycles. The summed E-state index contributed by atoms with van der Waals surface area (Å²) in [4.78, 5) is 23.9. The topological polar surface area (TPSA) is 69.6 Å². The third kappa shape index (κ3) is 3.43. The van der Waals surface area contributed by atoms with Crippen LogP contribution < -0.4 is 5.32 Å². The molecule has 0 aliphatic heterocycles. The van der Waals surface area contributed by atoms with E-state index in [1.807, 2.05) is 0 Å². The van der Waals surface area contributed by atoms with Gasteiger partial charge in [-0.25, -0.2) is 9.18 Å². The zero-order valence-electron chi connectivity index (χ0n) is 10.5. The Morgan fingerprint density at radius 1 is 1.47 bits per heavy atom. The highest BCUT2D eigenvalue weighted by molar-refractivity contribution is 5.91. The van der Waals surface area contributed by atoms with Gasteiger partial charge in [0.1, 0.15) is 12.4 Å². The molecule has 0 unspecified atom stereocenters. The maximum absolute atomic E-state index is 13.4. The van der Waals surface area contributed by atoms with Gasteiger partial charge < -0.3 is 15.3 Å². The molecule has 0 spiro atoms. The number of hydrogen-bond donors (Lipinski definition) is 2. The van der Waals surface area contributed by atoms with Crippen LogP contribution >= 0.6 is 0 Å². The summed E-state index contributed by atoms with van der Waals surface area (Å²) in [5.41, 5.74) is 0.812. The van der Waals surface area contributed by atoms with Gasteiger partial charge in [-0.3, -0.25) is 4.79 Å². The molecule has 1 aliphatic rings. The van der Waals surface area contributed by atoms with Crippen LogP contribution in [0.4, 0.5) is 14.9 Å². The van der Waals surface area contributed by atoms with Gasteiger partial charge in [0.15, 0.2) is 0 Å². The number of aliphatic carboxylic acids is 1. The predicted molar refractivity (Wildman–Crippen MR) is 67.5 cm³/mol. The number of anilines is 1. The largest absolute Gasteiger partial charge is 0.480 e. The van der Waals surface area contributed by atoms with Crippen LogP contribution in [0, 0.1) is 12.7 Å². The summed E-state index contributed by atoms with van der Waals surface area (Å²) >= 11 is 0. The number of urea groups is 1. The number of carboxylic acid groups (broad SMARTS) is 1. The number of amides is 2. The van der Waals surface area contributed by atoms with E-state index in [-0.39, 0.29) is 12.6 Å². The molecule has 0 aromatic heterocycles. The standard InChI is InChI=1S/C13H15FN2O3/c1-8-2-3-9(6-11(8)14)15-13(19)16(7-12(17)18)10-4-5-10/h2-3,6,10H,4-5,7H2,1H3,(H,15,19)(H,17,18). The van der Waals surface area contributed by atoms with E-state index < -0.39 is 17.8 Å². The molecule has 1 aromatic carbocycles. The lowest BCUT2D eigenvalue weighted by atomic mass is 10.2. The molecular weight excluding hydrogens is 251 g/mol. The molecule has 19 heavy (non-hydrogen) atoms. The number of rotatable bonds is 4. The van der Waals surface area contributed by atoms with E-state index in [9.17, 15) is 14.0 Å². The second-order valence-corrected chi connectivity index (χ2v) is 4.65. The molecule has 1 aliphatic carbocycles. The lowest BCUT2D eigenvalue weighted by molar-refractivity contribution is -0.137. The number of halogens is 1. The van der Waals surface area contributed by atoms with Crippen molar-refractivity contribution in [3.05, 3.63) is 29.6 Å². The first-order valence-corrected chi connectivity index (χ1v) is 6.03. The highest BCUT2D eigenvalue weighted by Crippen LogP contribution is 2.27. The van der Waals surface area contributed by atoms with E-state index in [4.69, 9.17) is 5.11 Å². The number of carbonyl (C=O) groups excluding carboxylic acids is 1. The summed E-state index contributed by atoms with van der Waals surface area (Å²) in [5, 5.41) is 11.3. The Labute approximate surface area is 110 Å². The van der Waals surface area contributed by atoms with Crippen LogP contribution in [-0.2, 0) is 4.79 Å². The van der Waals surface area contributed by atoms with E-state index >= 15 is 0 Å². The van der Waals surface area contributed by atoms with Crippen molar-refractivity contribution in [2.45, 2.75) is 25.8 Å². The van der Waals surface area contributed by atoms with Gasteiger partial charge in [0.05, 0.1) is 0 Å². The van der Waals surface area contributed by atoms with Crippen LogP contribution in [0.15, 0.2) is 18.2 Å². The number of nitrogens with zero attached hydrogens (tertiary/aromatic N) is 1. The van der Waals surface area contributed by atoms with Gasteiger partial charge in [-0.2, -0.15) is 0 Å². The van der Waals surface area contributed by atoms with Gasteiger partial charge in [0.25, 0.3) is 0 Å². The maximum Gasteiger partial charge on any atom is 0.323 e. The second-order valence-electron chi connectivity index (χ2n) is 4.65. The fourth-order valence-corrected chi connectivity index (χ4v) is 1.76. The lowest BCUT2D eigenvalue weighted by Gasteiger charge is -2.20. The molecule has 5 nitrogen and oxygen atoms in total. The van der Waals surface area contributed by atoms with Gasteiger partial charge in [-0.05, 0) is 37.5 Å². The fourth-order valence-electron chi connectivity index (χ4n) is 1.76. The SMILES string of the molecule is Cc1ccc(NC(=O)N(CC(=O)O)C2CC2)cc1F. The van der Waals surface area contributed by atoms with Crippen molar-refractivity contribution < 1.29 is 19.1 Å². The van der Waals surface area contributed by atoms with Crippen LogP contribution in [0.25, 0.3) is 0 Å². The number of aryl methyl sites for hydroxylation is 1. The van der Waals surface area contributed by atoms with Crippen molar-refractivity contribution in [2.75, 3.05) is 11.9 Å². The zero-order chi connectivity index (χ0) is 14.0. The summed E-state index contributed by atoms with van der Waals surface area (Å²) in [6, 6.07) is 3.84. The van der Waals surface area contributed by atoms with Crippen molar-refractivity contribution in [3.8, 4) is 0 Å². The molecule has 0 atom stereocenters. The third-order valence-electron chi connectivity index (χ3n) is 2.98. The Hall–Kier alpha value is -2.11. The fraction of sp³-hybridized carbons (Fsp3) is 0.385. The summed E-state index contributed by atoms with van der Waals surface area (Å²) in [6.45, 7) is 1.28. The molecule has 0 radical (unpaired) electrons. The predicted octanol–water partition coefficient (Wildman–Crippen LogP) is 2.22. The minimum Gasteiger partial charge on any atom is -0.480 e. The van der Waals surface area contributed by atoms with Crippen molar-refractivity contribution in [3.63, 3.8) is 0 Å². The van der Waals surface area contributed by atoms with Crippen LogP contribution in [0.5, 0.6) is 0 Å². The molecule has 2 amide bonds. The number of carboxylic acids is 1. The molecule has 2 rings (SSSR count). The minimum absolute atomic E-state index is 0.0219. The molecule has 0 saturated heterocycles. The van der Waals surface area contributed by atoms with E-state index in [1.54, 1.807) is 19.1 Å². The summed E-state index contributed by atoms with van der Waals surface area (Å²) in [5.74, 6) is -1.47. The highest BCUT2D eigenvalue weighted by atomic mass is 19.1. The quantitative estimate of drug-likeness (QED) is 0.877. The number of benzene rings is 1. The van der Waals surface area contributed by atoms with Crippen LogP contribution in [0.1, 0.15) is 18.4 Å². The molecule has 0 bridgehead atoms. The number of carbonyl (C=O) groups is 2. The Kier molecular flexibility index (Phi) is 3.69. The Balaban J connectivity index is 2.05. The van der Waals surface area contributed by atoms with Gasteiger partial charge in [0, 0.05) is 11.7 Å². The van der Waals surface area contributed by atoms with Crippen molar-refractivity contribution >= 4 is 17.7 Å². The molecule has 1 saturated carbocycles. The Morgan fingerprint density at radius 3 is 2.68 bits per heavy atom. The van der Waals surface area contributed by atoms with E-state index in [2.05, 4.69) is 5.32 Å². The lowest BCUT2D eigenvalue weighted by Crippen LogP contribution is -2.40. The number of nitrogens with one attached hydrogen (secondary N) is 1. The van der Waals surface area contributed by atoms with Crippen molar-refractivity contribution in [1.29, 1.82) is 0 Å². The molecule has 1 fully saturated rings. The monoisotopic (exact) mass is 266 g/mol. The van der Waals surface area contributed by atoms with Gasteiger partial charge >= 0.3 is 12.0 Å². The maximum atomic E-state index is 13.4. The molecule has 1 aromatic rings. The van der Waals surface area contributed by atoms with Gasteiger partial charge in [-0.1, -0.05) is 6.07 Å². The van der Waals surface area contributed by atoms with Crippen LogP contribution in [0.3, 0.4) is 0 Å². The normalized spacial score (nSPS) is 14.0. The first-order valence-electron chi connectivity index (χ1n) is 6.03. The first-order chi connectivity index (χ1) is 8.97. The Bertz CT molecular complexity index is 515. The molecule has 102 valence electrons. The van der Waals surface area contributed by atoms with Crippen molar-refractivity contribution in [2.24, 2.45) is 0 Å². The van der Waals surface area contributed by atoms with Crippen molar-refractivity contribution in [1.82, 2.24) is 4.90 Å². The summed E-state index contributed by atoms with van der Waals surface area (Å²) in [6.07, 6.45) is 1.62. The first kappa shape index (κ1) is 13.3. The second kappa shape index (κ2) is 5.26. The molecular formula is C13H15FN2O3. The average molecular weight is 266 g/mol. The van der Waals surface area contributed by atoms with E-state index in [1.165, 1.54) is 11.0 Å². The van der Waals surface area contributed by atoms with Gasteiger partial charge in [0.2, 0.25) is 0 Å². The Morgan fingerprint density at radius 2 is 2.16 bits per heavy atom. The third-order valence-corrected chi connectivity index (χ3v) is 2.98. The summed E-state index contributed by atoms with van der Waals surface area (Å²) < 4.78 is 13.4. The number of hydrogen-bond acceptors (Lipinski definition) is 2. The van der Waals surface area contributed by atoms with Crippen LogP contribution in [0.2, 0.25) is 0 Å². The van der Waals surface area contributed by atoms with E-state index in [0.29, 0.717) is 11.3 Å². The average Bonchev–Trinajstić information content (AvgIpc) is 3.14. The smallest absolute Gasteiger partial charge is 0.323 e. The van der Waals surface area contributed by atoms with E-state index in [0.717, 1.165) is 12.8 Å².